The lowest BCUT2D eigenvalue weighted by molar-refractivity contribution is 0.297. The number of phenols is 1. The third kappa shape index (κ3) is 2.32. The highest BCUT2D eigenvalue weighted by atomic mass is 79.9. The van der Waals surface area contributed by atoms with Crippen molar-refractivity contribution in [3.63, 3.8) is 0 Å². The van der Waals surface area contributed by atoms with Crippen LogP contribution in [0.4, 0.5) is 4.39 Å². The Kier molecular flexibility index (Phi) is 3.70. The molecule has 0 aromatic heterocycles. The molecule has 0 spiro atoms. The van der Waals surface area contributed by atoms with Crippen molar-refractivity contribution in [2.45, 2.75) is 12.5 Å². The fraction of sp³-hybridized carbons (Fsp3) is 0.500. The second kappa shape index (κ2) is 4.92. The van der Waals surface area contributed by atoms with Gasteiger partial charge in [-0.05, 0) is 54.0 Å². The Bertz CT molecular complexity index is 427. The summed E-state index contributed by atoms with van der Waals surface area (Å²) in [4.78, 5) is 2.04. The second-order valence-corrected chi connectivity index (χ2v) is 5.44. The van der Waals surface area contributed by atoms with Crippen LogP contribution in [0, 0.1) is 11.7 Å². The Labute approximate surface area is 109 Å². The van der Waals surface area contributed by atoms with Crippen LogP contribution in [0.5, 0.6) is 5.75 Å². The van der Waals surface area contributed by atoms with E-state index in [2.05, 4.69) is 15.9 Å². The number of rotatable bonds is 2. The maximum Gasteiger partial charge on any atom is 0.145 e. The number of likely N-dealkylation sites (tertiary alicyclic amines) is 1. The molecule has 1 saturated heterocycles. The van der Waals surface area contributed by atoms with Crippen LogP contribution in [-0.2, 0) is 0 Å². The molecule has 0 bridgehead atoms. The van der Waals surface area contributed by atoms with Crippen molar-refractivity contribution in [1.82, 2.24) is 4.90 Å². The van der Waals surface area contributed by atoms with Crippen LogP contribution in [0.2, 0.25) is 0 Å². The van der Waals surface area contributed by atoms with Gasteiger partial charge in [0, 0.05) is 18.2 Å². The number of hydrogen-bond acceptors (Lipinski definition) is 3. The normalized spacial score (nSPS) is 25.4. The Morgan fingerprint density at radius 3 is 2.88 bits per heavy atom. The molecule has 1 heterocycles. The summed E-state index contributed by atoms with van der Waals surface area (Å²) >= 11 is 3.15. The number of benzene rings is 1. The SMILES string of the molecule is CN1CC(CN)CC1c1c(O)ccc(Br)c1F. The van der Waals surface area contributed by atoms with Crippen LogP contribution >= 0.6 is 15.9 Å². The van der Waals surface area contributed by atoms with Gasteiger partial charge in [-0.1, -0.05) is 0 Å². The van der Waals surface area contributed by atoms with E-state index in [0.29, 0.717) is 22.5 Å². The Morgan fingerprint density at radius 2 is 2.29 bits per heavy atom. The van der Waals surface area contributed by atoms with Crippen LogP contribution in [-0.4, -0.2) is 30.1 Å². The number of halogens is 2. The first kappa shape index (κ1) is 12.8. The minimum atomic E-state index is -0.375. The minimum Gasteiger partial charge on any atom is -0.507 e. The number of phenolic OH excluding ortho intramolecular Hbond substituents is 1. The van der Waals surface area contributed by atoms with Crippen molar-refractivity contribution >= 4 is 15.9 Å². The largest absolute Gasteiger partial charge is 0.507 e. The topological polar surface area (TPSA) is 49.5 Å². The molecular formula is C12H16BrFN2O. The smallest absolute Gasteiger partial charge is 0.145 e. The molecule has 1 aromatic carbocycles. The molecule has 3 nitrogen and oxygen atoms in total. The van der Waals surface area contributed by atoms with E-state index in [1.165, 1.54) is 12.1 Å². The zero-order valence-corrected chi connectivity index (χ0v) is 11.2. The summed E-state index contributed by atoms with van der Waals surface area (Å²) in [7, 11) is 1.93. The monoisotopic (exact) mass is 302 g/mol. The standard InChI is InChI=1S/C12H16BrFN2O/c1-16-6-7(5-15)4-9(16)11-10(17)3-2-8(13)12(11)14/h2-3,7,9,17H,4-6,15H2,1H3. The first-order valence-corrected chi connectivity index (χ1v) is 6.41. The van der Waals surface area contributed by atoms with E-state index in [0.717, 1.165) is 13.0 Å². The highest BCUT2D eigenvalue weighted by Gasteiger charge is 2.33. The third-order valence-corrected chi connectivity index (χ3v) is 4.02. The summed E-state index contributed by atoms with van der Waals surface area (Å²) in [6.45, 7) is 1.43. The molecule has 0 aliphatic carbocycles. The lowest BCUT2D eigenvalue weighted by Crippen LogP contribution is -2.21. The van der Waals surface area contributed by atoms with Gasteiger partial charge in [-0.15, -0.1) is 0 Å². The van der Waals surface area contributed by atoms with Gasteiger partial charge in [0.15, 0.2) is 0 Å². The van der Waals surface area contributed by atoms with Gasteiger partial charge in [0.2, 0.25) is 0 Å². The van der Waals surface area contributed by atoms with Crippen molar-refractivity contribution in [1.29, 1.82) is 0 Å². The summed E-state index contributed by atoms with van der Waals surface area (Å²) in [5, 5.41) is 9.83. The maximum absolute atomic E-state index is 14.1. The van der Waals surface area contributed by atoms with Crippen molar-refractivity contribution in [3.8, 4) is 5.75 Å². The lowest BCUT2D eigenvalue weighted by Gasteiger charge is -2.21. The highest BCUT2D eigenvalue weighted by Crippen LogP contribution is 2.40. The maximum atomic E-state index is 14.1. The van der Waals surface area contributed by atoms with Crippen LogP contribution < -0.4 is 5.73 Å². The second-order valence-electron chi connectivity index (χ2n) is 4.59. The first-order valence-electron chi connectivity index (χ1n) is 5.61. The quantitative estimate of drug-likeness (QED) is 0.881. The molecule has 2 rings (SSSR count). The van der Waals surface area contributed by atoms with Crippen molar-refractivity contribution in [2.75, 3.05) is 20.1 Å². The molecular weight excluding hydrogens is 287 g/mol. The number of aromatic hydroxyl groups is 1. The minimum absolute atomic E-state index is 0.0141. The third-order valence-electron chi connectivity index (χ3n) is 3.41. The predicted molar refractivity (Wildman–Crippen MR) is 68.3 cm³/mol. The number of nitrogens with two attached hydrogens (primary N) is 1. The van der Waals surface area contributed by atoms with Crippen molar-refractivity contribution in [2.24, 2.45) is 11.7 Å². The van der Waals surface area contributed by atoms with Gasteiger partial charge in [-0.2, -0.15) is 0 Å². The van der Waals surface area contributed by atoms with Gasteiger partial charge in [0.25, 0.3) is 0 Å². The molecule has 17 heavy (non-hydrogen) atoms. The van der Waals surface area contributed by atoms with E-state index in [4.69, 9.17) is 5.73 Å². The number of hydrogen-bond donors (Lipinski definition) is 2. The molecule has 0 saturated carbocycles. The highest BCUT2D eigenvalue weighted by molar-refractivity contribution is 9.10. The Hall–Kier alpha value is -0.650. The van der Waals surface area contributed by atoms with Crippen LogP contribution in [0.1, 0.15) is 18.0 Å². The molecule has 1 aromatic rings. The molecule has 1 fully saturated rings. The van der Waals surface area contributed by atoms with E-state index in [9.17, 15) is 9.50 Å². The number of nitrogens with zero attached hydrogens (tertiary/aromatic N) is 1. The molecule has 2 atom stereocenters. The van der Waals surface area contributed by atoms with Crippen LogP contribution in [0.3, 0.4) is 0 Å². The molecule has 94 valence electrons. The molecule has 1 aliphatic heterocycles. The first-order chi connectivity index (χ1) is 8.04. The zero-order valence-electron chi connectivity index (χ0n) is 9.66. The molecule has 0 amide bonds. The van der Waals surface area contributed by atoms with Gasteiger partial charge in [0.05, 0.1) is 4.47 Å². The predicted octanol–water partition coefficient (Wildman–Crippen LogP) is 2.25. The van der Waals surface area contributed by atoms with Crippen LogP contribution in [0.25, 0.3) is 0 Å². The fourth-order valence-electron chi connectivity index (χ4n) is 2.49. The molecule has 3 N–H and O–H groups in total. The van der Waals surface area contributed by atoms with Gasteiger partial charge in [-0.25, -0.2) is 4.39 Å². The van der Waals surface area contributed by atoms with E-state index in [1.54, 1.807) is 0 Å². The molecule has 5 heteroatoms. The summed E-state index contributed by atoms with van der Waals surface area (Å²) in [6.07, 6.45) is 0.786. The van der Waals surface area contributed by atoms with E-state index >= 15 is 0 Å². The zero-order chi connectivity index (χ0) is 12.6. The van der Waals surface area contributed by atoms with Gasteiger partial charge in [-0.3, -0.25) is 4.90 Å². The van der Waals surface area contributed by atoms with E-state index in [-0.39, 0.29) is 17.6 Å². The van der Waals surface area contributed by atoms with Crippen molar-refractivity contribution in [3.05, 3.63) is 28.0 Å². The lowest BCUT2D eigenvalue weighted by atomic mass is 9.98. The average molecular weight is 303 g/mol. The van der Waals surface area contributed by atoms with Gasteiger partial charge in [0.1, 0.15) is 11.6 Å². The van der Waals surface area contributed by atoms with Crippen LogP contribution in [0.15, 0.2) is 16.6 Å². The molecule has 2 unspecified atom stereocenters. The van der Waals surface area contributed by atoms with E-state index in [1.807, 2.05) is 11.9 Å². The van der Waals surface area contributed by atoms with E-state index < -0.39 is 0 Å². The summed E-state index contributed by atoms with van der Waals surface area (Å²) in [5.74, 6) is 0.00234. The Morgan fingerprint density at radius 1 is 1.59 bits per heavy atom. The summed E-state index contributed by atoms with van der Waals surface area (Å²) < 4.78 is 14.4. The average Bonchev–Trinajstić information content (AvgIpc) is 2.66. The van der Waals surface area contributed by atoms with Gasteiger partial charge >= 0.3 is 0 Å². The summed E-state index contributed by atoms with van der Waals surface area (Å²) in [6, 6.07) is 2.94. The van der Waals surface area contributed by atoms with Crippen molar-refractivity contribution < 1.29 is 9.50 Å². The summed E-state index contributed by atoms with van der Waals surface area (Å²) in [5.41, 5.74) is 6.02. The fourth-order valence-corrected chi connectivity index (χ4v) is 2.83. The molecule has 0 radical (unpaired) electrons. The van der Waals surface area contributed by atoms with Gasteiger partial charge < -0.3 is 10.8 Å². The Balaban J connectivity index is 2.37. The molecule has 1 aliphatic rings.